The first-order valence-corrected chi connectivity index (χ1v) is 6.30. The quantitative estimate of drug-likeness (QED) is 0.627. The second kappa shape index (κ2) is 6.79. The summed E-state index contributed by atoms with van der Waals surface area (Å²) in [6.07, 6.45) is -0.715. The molecule has 1 unspecified atom stereocenters. The van der Waals surface area contributed by atoms with Crippen LogP contribution in [0.25, 0.3) is 0 Å². The molecule has 6 heteroatoms. The third-order valence-electron chi connectivity index (χ3n) is 2.54. The Morgan fingerprint density at radius 1 is 1.25 bits per heavy atom. The summed E-state index contributed by atoms with van der Waals surface area (Å²) >= 11 is 0. The highest BCUT2D eigenvalue weighted by Crippen LogP contribution is 2.24. The monoisotopic (exact) mass is 280 g/mol. The van der Waals surface area contributed by atoms with Crippen molar-refractivity contribution >= 4 is 17.6 Å². The number of carbonyl (C=O) groups is 2. The molecule has 20 heavy (non-hydrogen) atoms. The number of benzene rings is 1. The average Bonchev–Trinajstić information content (AvgIpc) is 2.39. The fraction of sp³-hybridized carbons (Fsp3) is 0.429. The first-order chi connectivity index (χ1) is 9.35. The maximum absolute atomic E-state index is 11.8. The van der Waals surface area contributed by atoms with E-state index in [1.807, 2.05) is 13.8 Å². The molecule has 0 aliphatic carbocycles. The van der Waals surface area contributed by atoms with Crippen LogP contribution in [0.3, 0.4) is 0 Å². The van der Waals surface area contributed by atoms with E-state index in [9.17, 15) is 9.59 Å². The molecule has 1 rings (SSSR count). The molecule has 1 aromatic carbocycles. The molecule has 0 heterocycles. The first kappa shape index (κ1) is 15.8. The highest BCUT2D eigenvalue weighted by molar-refractivity contribution is 5.90. The van der Waals surface area contributed by atoms with Crippen LogP contribution >= 0.6 is 0 Å². The van der Waals surface area contributed by atoms with Gasteiger partial charge in [0.25, 0.3) is 5.91 Å². The lowest BCUT2D eigenvalue weighted by Gasteiger charge is -2.17. The number of ether oxygens (including phenoxy) is 2. The molecule has 0 aromatic heterocycles. The normalized spacial score (nSPS) is 11.8. The van der Waals surface area contributed by atoms with Crippen LogP contribution in [0.15, 0.2) is 18.2 Å². The Hall–Kier alpha value is -2.24. The number of methoxy groups -OCH3 is 1. The standard InChI is InChI=1S/C14H20N2O4/c1-8(2)16-13(17)9(3)20-12-7-10(14(18)19-4)5-6-11(12)15/h5-9H,15H2,1-4H3,(H,16,17). The molecule has 0 bridgehead atoms. The zero-order chi connectivity index (χ0) is 15.3. The van der Waals surface area contributed by atoms with Crippen LogP contribution in [-0.2, 0) is 9.53 Å². The molecule has 1 aromatic rings. The van der Waals surface area contributed by atoms with Gasteiger partial charge < -0.3 is 20.5 Å². The molecule has 3 N–H and O–H groups in total. The van der Waals surface area contributed by atoms with E-state index in [0.29, 0.717) is 11.3 Å². The van der Waals surface area contributed by atoms with E-state index in [1.165, 1.54) is 25.3 Å². The van der Waals surface area contributed by atoms with Crippen molar-refractivity contribution in [2.75, 3.05) is 12.8 Å². The summed E-state index contributed by atoms with van der Waals surface area (Å²) in [6, 6.07) is 4.55. The van der Waals surface area contributed by atoms with Crippen molar-refractivity contribution in [1.82, 2.24) is 5.32 Å². The molecule has 0 spiro atoms. The van der Waals surface area contributed by atoms with Gasteiger partial charge in [0.05, 0.1) is 18.4 Å². The lowest BCUT2D eigenvalue weighted by atomic mass is 10.2. The Kier molecular flexibility index (Phi) is 5.37. The van der Waals surface area contributed by atoms with Gasteiger partial charge in [-0.1, -0.05) is 0 Å². The van der Waals surface area contributed by atoms with Gasteiger partial charge >= 0.3 is 5.97 Å². The summed E-state index contributed by atoms with van der Waals surface area (Å²) in [5, 5.41) is 2.73. The van der Waals surface area contributed by atoms with E-state index in [-0.39, 0.29) is 17.7 Å². The molecule has 110 valence electrons. The van der Waals surface area contributed by atoms with Gasteiger partial charge in [0.2, 0.25) is 0 Å². The van der Waals surface area contributed by atoms with Crippen LogP contribution in [-0.4, -0.2) is 31.1 Å². The van der Waals surface area contributed by atoms with Crippen molar-refractivity contribution in [3.8, 4) is 5.75 Å². The van der Waals surface area contributed by atoms with E-state index in [1.54, 1.807) is 6.92 Å². The Morgan fingerprint density at radius 2 is 1.90 bits per heavy atom. The van der Waals surface area contributed by atoms with Gasteiger partial charge in [0.1, 0.15) is 5.75 Å². The fourth-order valence-electron chi connectivity index (χ4n) is 1.53. The second-order valence-electron chi connectivity index (χ2n) is 4.67. The maximum Gasteiger partial charge on any atom is 0.337 e. The van der Waals surface area contributed by atoms with Gasteiger partial charge in [-0.3, -0.25) is 4.79 Å². The zero-order valence-corrected chi connectivity index (χ0v) is 12.1. The molecule has 6 nitrogen and oxygen atoms in total. The number of amides is 1. The number of nitrogens with two attached hydrogens (primary N) is 1. The molecule has 0 aliphatic rings. The minimum atomic E-state index is -0.715. The molecular weight excluding hydrogens is 260 g/mol. The highest BCUT2D eigenvalue weighted by atomic mass is 16.5. The number of rotatable bonds is 5. The third kappa shape index (κ3) is 4.15. The largest absolute Gasteiger partial charge is 0.479 e. The Balaban J connectivity index is 2.86. The Labute approximate surface area is 118 Å². The van der Waals surface area contributed by atoms with Crippen molar-refractivity contribution in [3.63, 3.8) is 0 Å². The van der Waals surface area contributed by atoms with Crippen molar-refractivity contribution in [3.05, 3.63) is 23.8 Å². The Morgan fingerprint density at radius 3 is 2.45 bits per heavy atom. The lowest BCUT2D eigenvalue weighted by molar-refractivity contribution is -0.127. The lowest BCUT2D eigenvalue weighted by Crippen LogP contribution is -2.40. The van der Waals surface area contributed by atoms with Crippen LogP contribution in [0.4, 0.5) is 5.69 Å². The van der Waals surface area contributed by atoms with Crippen molar-refractivity contribution in [1.29, 1.82) is 0 Å². The number of hydrogen-bond donors (Lipinski definition) is 2. The van der Waals surface area contributed by atoms with Crippen LogP contribution in [0.1, 0.15) is 31.1 Å². The van der Waals surface area contributed by atoms with Gasteiger partial charge in [0, 0.05) is 6.04 Å². The van der Waals surface area contributed by atoms with Gasteiger partial charge in [-0.15, -0.1) is 0 Å². The number of hydrogen-bond acceptors (Lipinski definition) is 5. The topological polar surface area (TPSA) is 90.7 Å². The minimum Gasteiger partial charge on any atom is -0.479 e. The third-order valence-corrected chi connectivity index (χ3v) is 2.54. The van der Waals surface area contributed by atoms with Crippen LogP contribution in [0, 0.1) is 0 Å². The number of nitrogens with one attached hydrogen (secondary N) is 1. The first-order valence-electron chi connectivity index (χ1n) is 6.30. The van der Waals surface area contributed by atoms with Gasteiger partial charge in [-0.2, -0.15) is 0 Å². The number of nitrogen functional groups attached to an aromatic ring is 1. The predicted molar refractivity (Wildman–Crippen MR) is 75.6 cm³/mol. The summed E-state index contributed by atoms with van der Waals surface area (Å²) in [5.41, 5.74) is 6.43. The predicted octanol–water partition coefficient (Wildman–Crippen LogP) is 1.35. The number of anilines is 1. The van der Waals surface area contributed by atoms with Crippen molar-refractivity contribution in [2.24, 2.45) is 0 Å². The maximum atomic E-state index is 11.8. The fourth-order valence-corrected chi connectivity index (χ4v) is 1.53. The minimum absolute atomic E-state index is 0.0206. The molecule has 0 radical (unpaired) electrons. The van der Waals surface area contributed by atoms with Gasteiger partial charge in [-0.25, -0.2) is 4.79 Å². The molecule has 0 fully saturated rings. The number of carbonyl (C=O) groups excluding carboxylic acids is 2. The summed E-state index contributed by atoms with van der Waals surface area (Å²) in [5.74, 6) is -0.462. The summed E-state index contributed by atoms with van der Waals surface area (Å²) in [7, 11) is 1.29. The van der Waals surface area contributed by atoms with Crippen LogP contribution < -0.4 is 15.8 Å². The van der Waals surface area contributed by atoms with E-state index >= 15 is 0 Å². The van der Waals surface area contributed by atoms with Crippen molar-refractivity contribution < 1.29 is 19.1 Å². The van der Waals surface area contributed by atoms with E-state index < -0.39 is 12.1 Å². The van der Waals surface area contributed by atoms with Gasteiger partial charge in [-0.05, 0) is 39.0 Å². The zero-order valence-electron chi connectivity index (χ0n) is 12.1. The summed E-state index contributed by atoms with van der Waals surface area (Å²) in [6.45, 7) is 5.33. The summed E-state index contributed by atoms with van der Waals surface area (Å²) < 4.78 is 10.1. The second-order valence-corrected chi connectivity index (χ2v) is 4.67. The summed E-state index contributed by atoms with van der Waals surface area (Å²) in [4.78, 5) is 23.2. The highest BCUT2D eigenvalue weighted by Gasteiger charge is 2.17. The SMILES string of the molecule is COC(=O)c1ccc(N)c(OC(C)C(=O)NC(C)C)c1. The van der Waals surface area contributed by atoms with Crippen molar-refractivity contribution in [2.45, 2.75) is 32.9 Å². The van der Waals surface area contributed by atoms with E-state index in [4.69, 9.17) is 10.5 Å². The van der Waals surface area contributed by atoms with Crippen LogP contribution in [0.5, 0.6) is 5.75 Å². The average molecular weight is 280 g/mol. The molecule has 0 aliphatic heterocycles. The van der Waals surface area contributed by atoms with E-state index in [0.717, 1.165) is 0 Å². The smallest absolute Gasteiger partial charge is 0.337 e. The molecule has 0 saturated heterocycles. The number of esters is 1. The van der Waals surface area contributed by atoms with Crippen LogP contribution in [0.2, 0.25) is 0 Å². The van der Waals surface area contributed by atoms with Gasteiger partial charge in [0.15, 0.2) is 6.10 Å². The Bertz CT molecular complexity index is 500. The molecular formula is C14H20N2O4. The molecule has 1 atom stereocenters. The molecule has 0 saturated carbocycles. The molecule has 1 amide bonds. The van der Waals surface area contributed by atoms with E-state index in [2.05, 4.69) is 10.1 Å².